The molecule has 2 aromatic carbocycles. The number of anilines is 2. The fourth-order valence-corrected chi connectivity index (χ4v) is 5.17. The van der Waals surface area contributed by atoms with E-state index in [1.165, 1.54) is 28.6 Å². The topological polar surface area (TPSA) is 79.0 Å². The van der Waals surface area contributed by atoms with Gasteiger partial charge in [-0.15, -0.1) is 0 Å². The molecule has 11 heteroatoms. The highest BCUT2D eigenvalue weighted by Crippen LogP contribution is 2.34. The highest BCUT2D eigenvalue weighted by atomic mass is 32.2. The number of halogens is 3. The van der Waals surface area contributed by atoms with Crippen molar-refractivity contribution in [1.82, 2.24) is 4.31 Å². The maximum atomic E-state index is 13.4. The Kier molecular flexibility index (Phi) is 7.65. The van der Waals surface area contributed by atoms with Crippen LogP contribution in [0.5, 0.6) is 0 Å². The molecule has 1 heterocycles. The van der Waals surface area contributed by atoms with Gasteiger partial charge < -0.3 is 15.0 Å². The van der Waals surface area contributed by atoms with Gasteiger partial charge in [-0.25, -0.2) is 8.42 Å². The van der Waals surface area contributed by atoms with Crippen LogP contribution in [0.1, 0.15) is 29.8 Å². The van der Waals surface area contributed by atoms with Crippen LogP contribution in [0.25, 0.3) is 0 Å². The maximum absolute atomic E-state index is 13.4. The van der Waals surface area contributed by atoms with Gasteiger partial charge in [-0.2, -0.15) is 17.5 Å². The van der Waals surface area contributed by atoms with Crippen molar-refractivity contribution in [2.75, 3.05) is 49.6 Å². The molecule has 1 aliphatic rings. The number of sulfonamides is 1. The van der Waals surface area contributed by atoms with Gasteiger partial charge in [0.1, 0.15) is 0 Å². The van der Waals surface area contributed by atoms with Gasteiger partial charge in [0, 0.05) is 26.2 Å². The normalized spacial score (nSPS) is 15.0. The van der Waals surface area contributed by atoms with Crippen molar-refractivity contribution in [2.45, 2.75) is 24.9 Å². The minimum atomic E-state index is -4.71. The Labute approximate surface area is 191 Å². The number of hydrogen-bond donors (Lipinski definition) is 1. The first kappa shape index (κ1) is 25.0. The minimum Gasteiger partial charge on any atom is -0.378 e. The molecule has 1 aliphatic heterocycles. The van der Waals surface area contributed by atoms with Crippen molar-refractivity contribution >= 4 is 27.3 Å². The lowest BCUT2D eigenvalue weighted by molar-refractivity contribution is -0.137. The summed E-state index contributed by atoms with van der Waals surface area (Å²) in [6.45, 7) is 5.77. The van der Waals surface area contributed by atoms with Crippen LogP contribution in [0.2, 0.25) is 0 Å². The molecule has 0 unspecified atom stereocenters. The largest absolute Gasteiger partial charge is 0.417 e. The molecular weight excluding hydrogens is 459 g/mol. The van der Waals surface area contributed by atoms with E-state index < -0.39 is 33.2 Å². The van der Waals surface area contributed by atoms with E-state index in [9.17, 15) is 26.4 Å². The van der Waals surface area contributed by atoms with E-state index in [2.05, 4.69) is 5.32 Å². The van der Waals surface area contributed by atoms with Crippen molar-refractivity contribution in [3.05, 3.63) is 53.6 Å². The Morgan fingerprint density at radius 1 is 1.09 bits per heavy atom. The van der Waals surface area contributed by atoms with E-state index in [-0.39, 0.29) is 23.7 Å². The second-order valence-corrected chi connectivity index (χ2v) is 9.30. The zero-order chi connectivity index (χ0) is 24.2. The third kappa shape index (κ3) is 5.48. The monoisotopic (exact) mass is 485 g/mol. The van der Waals surface area contributed by atoms with Gasteiger partial charge in [0.2, 0.25) is 10.0 Å². The summed E-state index contributed by atoms with van der Waals surface area (Å²) in [5.41, 5.74) is -0.987. The van der Waals surface area contributed by atoms with Crippen LogP contribution < -0.4 is 10.2 Å². The van der Waals surface area contributed by atoms with Crippen molar-refractivity contribution in [1.29, 1.82) is 0 Å². The Morgan fingerprint density at radius 3 is 2.33 bits per heavy atom. The lowest BCUT2D eigenvalue weighted by Gasteiger charge is -2.31. The van der Waals surface area contributed by atoms with Gasteiger partial charge in [-0.1, -0.05) is 26.0 Å². The number of amides is 1. The number of morpholine rings is 1. The Balaban J connectivity index is 2.05. The lowest BCUT2D eigenvalue weighted by Crippen LogP contribution is -2.37. The summed E-state index contributed by atoms with van der Waals surface area (Å²) >= 11 is 0. The molecule has 0 spiro atoms. The highest BCUT2D eigenvalue weighted by molar-refractivity contribution is 7.89. The predicted octanol–water partition coefficient (Wildman–Crippen LogP) is 3.82. The smallest absolute Gasteiger partial charge is 0.378 e. The van der Waals surface area contributed by atoms with Crippen LogP contribution in [-0.2, 0) is 20.9 Å². The van der Waals surface area contributed by atoms with Crippen LogP contribution in [-0.4, -0.2) is 58.0 Å². The Morgan fingerprint density at radius 2 is 1.73 bits per heavy atom. The molecule has 2 aromatic rings. The molecule has 1 saturated heterocycles. The van der Waals surface area contributed by atoms with Crippen molar-refractivity contribution in [3.8, 4) is 0 Å². The van der Waals surface area contributed by atoms with E-state index in [1.807, 2.05) is 4.90 Å². The van der Waals surface area contributed by atoms with E-state index in [0.717, 1.165) is 12.1 Å². The standard InChI is InChI=1S/C22H26F3N3O4S/c1-3-28(4-2)33(30,31)16-9-10-20(27-11-13-32-14-12-27)19(15-16)26-21(29)17-7-5-6-8-18(17)22(23,24)25/h5-10,15H,3-4,11-14H2,1-2H3,(H,26,29). The van der Waals surface area contributed by atoms with Crippen molar-refractivity contribution in [3.63, 3.8) is 0 Å². The number of alkyl halides is 3. The van der Waals surface area contributed by atoms with Crippen LogP contribution in [0.15, 0.2) is 47.4 Å². The first-order chi connectivity index (χ1) is 15.6. The SMILES string of the molecule is CCN(CC)S(=O)(=O)c1ccc(N2CCOCC2)c(NC(=O)c2ccccc2C(F)(F)F)c1. The lowest BCUT2D eigenvalue weighted by atomic mass is 10.1. The average molecular weight is 486 g/mol. The second kappa shape index (κ2) is 10.1. The minimum absolute atomic E-state index is 0.0531. The molecule has 0 atom stereocenters. The first-order valence-electron chi connectivity index (χ1n) is 10.5. The maximum Gasteiger partial charge on any atom is 0.417 e. The predicted molar refractivity (Wildman–Crippen MR) is 119 cm³/mol. The molecule has 1 fully saturated rings. The molecule has 3 rings (SSSR count). The highest BCUT2D eigenvalue weighted by Gasteiger charge is 2.35. The summed E-state index contributed by atoms with van der Waals surface area (Å²) < 4.78 is 72.9. The fourth-order valence-electron chi connectivity index (χ4n) is 3.69. The second-order valence-electron chi connectivity index (χ2n) is 7.37. The summed E-state index contributed by atoms with van der Waals surface area (Å²) in [6, 6.07) is 8.77. The molecule has 180 valence electrons. The number of rotatable bonds is 7. The van der Waals surface area contributed by atoms with Crippen molar-refractivity contribution < 1.29 is 31.1 Å². The Bertz CT molecular complexity index is 1100. The van der Waals surface area contributed by atoms with Crippen LogP contribution in [0, 0.1) is 0 Å². The summed E-state index contributed by atoms with van der Waals surface area (Å²) in [5, 5.41) is 2.52. The number of carbonyl (C=O) groups is 1. The molecule has 0 aliphatic carbocycles. The molecule has 0 radical (unpaired) electrons. The zero-order valence-corrected chi connectivity index (χ0v) is 19.2. The van der Waals surface area contributed by atoms with Gasteiger partial charge in [0.25, 0.3) is 5.91 Å². The quantitative estimate of drug-likeness (QED) is 0.645. The van der Waals surface area contributed by atoms with E-state index in [1.54, 1.807) is 19.9 Å². The molecule has 0 saturated carbocycles. The van der Waals surface area contributed by atoms with Gasteiger partial charge in [-0.05, 0) is 30.3 Å². The molecule has 7 nitrogen and oxygen atoms in total. The summed E-state index contributed by atoms with van der Waals surface area (Å²) in [4.78, 5) is 14.7. The molecule has 1 N–H and O–H groups in total. The number of benzene rings is 2. The number of nitrogens with one attached hydrogen (secondary N) is 1. The molecule has 33 heavy (non-hydrogen) atoms. The third-order valence-corrected chi connectivity index (χ3v) is 7.43. The number of carbonyl (C=O) groups excluding carboxylic acids is 1. The van der Waals surface area contributed by atoms with E-state index >= 15 is 0 Å². The first-order valence-corrected chi connectivity index (χ1v) is 12.0. The number of ether oxygens (including phenoxy) is 1. The van der Waals surface area contributed by atoms with Gasteiger partial charge >= 0.3 is 6.18 Å². The average Bonchev–Trinajstić information content (AvgIpc) is 2.79. The molecule has 0 bridgehead atoms. The van der Waals surface area contributed by atoms with Gasteiger partial charge in [0.05, 0.1) is 40.6 Å². The molecule has 0 aromatic heterocycles. The summed E-state index contributed by atoms with van der Waals surface area (Å²) in [5.74, 6) is -0.977. The third-order valence-electron chi connectivity index (χ3n) is 5.39. The van der Waals surface area contributed by atoms with Crippen molar-refractivity contribution in [2.24, 2.45) is 0 Å². The van der Waals surface area contributed by atoms with E-state index in [4.69, 9.17) is 4.74 Å². The van der Waals surface area contributed by atoms with Crippen LogP contribution in [0.4, 0.5) is 24.5 Å². The van der Waals surface area contributed by atoms with Gasteiger partial charge in [0.15, 0.2) is 0 Å². The zero-order valence-electron chi connectivity index (χ0n) is 18.4. The van der Waals surface area contributed by atoms with E-state index in [0.29, 0.717) is 32.0 Å². The summed E-state index contributed by atoms with van der Waals surface area (Å²) in [7, 11) is -3.84. The fraction of sp³-hybridized carbons (Fsp3) is 0.409. The Hall–Kier alpha value is -2.63. The van der Waals surface area contributed by atoms with Crippen LogP contribution in [0.3, 0.4) is 0 Å². The number of hydrogen-bond acceptors (Lipinski definition) is 5. The van der Waals surface area contributed by atoms with Crippen LogP contribution >= 0.6 is 0 Å². The number of nitrogens with zero attached hydrogens (tertiary/aromatic N) is 2. The summed E-state index contributed by atoms with van der Waals surface area (Å²) in [6.07, 6.45) is -4.71. The molecule has 1 amide bonds. The molecular formula is C22H26F3N3O4S. The van der Waals surface area contributed by atoms with Gasteiger partial charge in [-0.3, -0.25) is 4.79 Å².